The molecule has 0 radical (unpaired) electrons. The molecule has 3 rings (SSSR count). The number of carboxylic acids is 1. The Morgan fingerprint density at radius 2 is 2.15 bits per heavy atom. The number of aliphatic hydroxyl groups excluding tert-OH is 1. The highest BCUT2D eigenvalue weighted by atomic mass is 32.1. The molecule has 1 aliphatic rings. The third kappa shape index (κ3) is 5.78. The lowest BCUT2D eigenvalue weighted by Gasteiger charge is -2.24. The van der Waals surface area contributed by atoms with Crippen molar-refractivity contribution >= 4 is 17.3 Å². The summed E-state index contributed by atoms with van der Waals surface area (Å²) in [5.74, 6) is -2.76. The molecule has 26 heavy (non-hydrogen) atoms. The molecule has 144 valence electrons. The summed E-state index contributed by atoms with van der Waals surface area (Å²) in [6, 6.07) is 0.174. The third-order valence-corrected chi connectivity index (χ3v) is 4.66. The van der Waals surface area contributed by atoms with E-state index >= 15 is 0 Å². The Morgan fingerprint density at radius 3 is 2.65 bits per heavy atom. The number of thiazole rings is 1. The number of carboxylic acid groups (broad SMARTS) is 1. The number of likely N-dealkylation sites (tertiary alicyclic amines) is 1. The summed E-state index contributed by atoms with van der Waals surface area (Å²) >= 11 is 1.67. The first-order valence-corrected chi connectivity index (χ1v) is 8.63. The van der Waals surface area contributed by atoms with Gasteiger partial charge >= 0.3 is 12.1 Å². The lowest BCUT2D eigenvalue weighted by Crippen LogP contribution is -2.36. The van der Waals surface area contributed by atoms with Crippen molar-refractivity contribution in [3.63, 3.8) is 0 Å². The van der Waals surface area contributed by atoms with Crippen LogP contribution in [0.4, 0.5) is 13.2 Å². The van der Waals surface area contributed by atoms with Crippen LogP contribution >= 0.6 is 11.3 Å². The molecule has 0 spiro atoms. The zero-order chi connectivity index (χ0) is 19.3. The highest BCUT2D eigenvalue weighted by Gasteiger charge is 2.38. The van der Waals surface area contributed by atoms with Gasteiger partial charge in [0.25, 0.3) is 0 Å². The quantitative estimate of drug-likeness (QED) is 0.823. The Labute approximate surface area is 151 Å². The number of nitrogens with zero attached hydrogens (tertiary/aromatic N) is 4. The zero-order valence-electron chi connectivity index (χ0n) is 13.9. The van der Waals surface area contributed by atoms with E-state index in [2.05, 4.69) is 15.0 Å². The molecule has 3 heterocycles. The first-order chi connectivity index (χ1) is 12.2. The minimum Gasteiger partial charge on any atom is -0.475 e. The number of halogens is 3. The summed E-state index contributed by atoms with van der Waals surface area (Å²) < 4.78 is 33.5. The van der Waals surface area contributed by atoms with Gasteiger partial charge in [-0.15, -0.1) is 11.3 Å². The molecule has 0 unspecified atom stereocenters. The predicted molar refractivity (Wildman–Crippen MR) is 87.5 cm³/mol. The minimum atomic E-state index is -5.08. The number of alkyl halides is 3. The molecule has 0 amide bonds. The first-order valence-electron chi connectivity index (χ1n) is 7.75. The second-order valence-corrected chi connectivity index (χ2v) is 6.83. The van der Waals surface area contributed by atoms with Crippen LogP contribution in [-0.2, 0) is 24.8 Å². The fraction of sp³-hybridized carbons (Fsp3) is 0.533. The molecule has 11 heteroatoms. The van der Waals surface area contributed by atoms with Crippen molar-refractivity contribution < 1.29 is 28.2 Å². The van der Waals surface area contributed by atoms with E-state index in [1.54, 1.807) is 11.3 Å². The van der Waals surface area contributed by atoms with Crippen LogP contribution in [0, 0.1) is 0 Å². The van der Waals surface area contributed by atoms with E-state index in [0.29, 0.717) is 0 Å². The summed E-state index contributed by atoms with van der Waals surface area (Å²) in [4.78, 5) is 15.6. The van der Waals surface area contributed by atoms with Gasteiger partial charge in [-0.05, 0) is 18.4 Å². The van der Waals surface area contributed by atoms with Gasteiger partial charge in [-0.3, -0.25) is 9.58 Å². The summed E-state index contributed by atoms with van der Waals surface area (Å²) in [5.41, 5.74) is 1.18. The fourth-order valence-electron chi connectivity index (χ4n) is 2.68. The van der Waals surface area contributed by atoms with E-state index in [9.17, 15) is 18.3 Å². The topological polar surface area (TPSA) is 91.5 Å². The molecule has 2 aromatic heterocycles. The number of rotatable bonds is 4. The molecule has 2 N–H and O–H groups in total. The van der Waals surface area contributed by atoms with E-state index in [1.807, 2.05) is 35.7 Å². The minimum absolute atomic E-state index is 0.174. The summed E-state index contributed by atoms with van der Waals surface area (Å²) in [7, 11) is 1.92. The number of aromatic nitrogens is 3. The normalized spacial score (nSPS) is 20.7. The second-order valence-electron chi connectivity index (χ2n) is 5.85. The largest absolute Gasteiger partial charge is 0.490 e. The maximum absolute atomic E-state index is 10.6. The van der Waals surface area contributed by atoms with Crippen LogP contribution in [-0.4, -0.2) is 60.7 Å². The van der Waals surface area contributed by atoms with Crippen LogP contribution in [0.1, 0.15) is 17.0 Å². The monoisotopic (exact) mass is 392 g/mol. The Balaban J connectivity index is 0.000000298. The SMILES string of the molecule is Cn1cc(C[C@H]2[C@H](O)CCN2Cc2nccs2)cn1.O=C(O)C(F)(F)F. The van der Waals surface area contributed by atoms with Gasteiger partial charge in [0.05, 0.1) is 18.8 Å². The highest BCUT2D eigenvalue weighted by Crippen LogP contribution is 2.24. The summed E-state index contributed by atoms with van der Waals surface area (Å²) in [6.45, 7) is 1.77. The van der Waals surface area contributed by atoms with Gasteiger partial charge in [-0.1, -0.05) is 0 Å². The van der Waals surface area contributed by atoms with Gasteiger partial charge in [0.15, 0.2) is 0 Å². The Morgan fingerprint density at radius 1 is 1.46 bits per heavy atom. The van der Waals surface area contributed by atoms with Crippen LogP contribution in [0.25, 0.3) is 0 Å². The Hall–Kier alpha value is -1.98. The van der Waals surface area contributed by atoms with Crippen molar-refractivity contribution in [3.05, 3.63) is 34.5 Å². The van der Waals surface area contributed by atoms with Gasteiger partial charge in [0, 0.05) is 37.4 Å². The van der Waals surface area contributed by atoms with Crippen molar-refractivity contribution in [3.8, 4) is 0 Å². The average molecular weight is 392 g/mol. The van der Waals surface area contributed by atoms with Gasteiger partial charge in [0.1, 0.15) is 5.01 Å². The molecular formula is C15H19F3N4O3S. The van der Waals surface area contributed by atoms with E-state index in [4.69, 9.17) is 9.90 Å². The number of aliphatic hydroxyl groups is 1. The van der Waals surface area contributed by atoms with Crippen molar-refractivity contribution in [2.75, 3.05) is 6.54 Å². The molecule has 0 aromatic carbocycles. The second kappa shape index (κ2) is 8.60. The molecule has 0 saturated carbocycles. The number of aliphatic carboxylic acids is 1. The molecule has 1 aliphatic heterocycles. The summed E-state index contributed by atoms with van der Waals surface area (Å²) in [5, 5.41) is 24.6. The van der Waals surface area contributed by atoms with E-state index in [-0.39, 0.29) is 12.1 Å². The highest BCUT2D eigenvalue weighted by molar-refractivity contribution is 7.09. The molecule has 1 saturated heterocycles. The first kappa shape index (κ1) is 20.3. The third-order valence-electron chi connectivity index (χ3n) is 3.89. The van der Waals surface area contributed by atoms with Crippen molar-refractivity contribution in [1.29, 1.82) is 0 Å². The molecule has 0 bridgehead atoms. The lowest BCUT2D eigenvalue weighted by atomic mass is 10.0. The van der Waals surface area contributed by atoms with Crippen LogP contribution in [0.15, 0.2) is 24.0 Å². The van der Waals surface area contributed by atoms with Gasteiger partial charge in [0.2, 0.25) is 0 Å². The lowest BCUT2D eigenvalue weighted by molar-refractivity contribution is -0.192. The van der Waals surface area contributed by atoms with Crippen molar-refractivity contribution in [1.82, 2.24) is 19.7 Å². The molecule has 0 aliphatic carbocycles. The molecule has 2 atom stereocenters. The van der Waals surface area contributed by atoms with E-state index < -0.39 is 12.1 Å². The van der Waals surface area contributed by atoms with E-state index in [0.717, 1.165) is 30.9 Å². The molecular weight excluding hydrogens is 373 g/mol. The van der Waals surface area contributed by atoms with Crippen LogP contribution in [0.5, 0.6) is 0 Å². The maximum atomic E-state index is 10.6. The Kier molecular flexibility index (Phi) is 6.73. The van der Waals surface area contributed by atoms with Crippen molar-refractivity contribution in [2.45, 2.75) is 37.7 Å². The maximum Gasteiger partial charge on any atom is 0.490 e. The molecule has 7 nitrogen and oxygen atoms in total. The molecule has 1 fully saturated rings. The Bertz CT molecular complexity index is 705. The van der Waals surface area contributed by atoms with Gasteiger partial charge in [-0.2, -0.15) is 18.3 Å². The van der Waals surface area contributed by atoms with Gasteiger partial charge in [-0.25, -0.2) is 9.78 Å². The molecule has 2 aromatic rings. The van der Waals surface area contributed by atoms with Gasteiger partial charge < -0.3 is 10.2 Å². The fourth-order valence-corrected chi connectivity index (χ4v) is 3.33. The van der Waals surface area contributed by atoms with Crippen LogP contribution < -0.4 is 0 Å². The van der Waals surface area contributed by atoms with Crippen LogP contribution in [0.3, 0.4) is 0 Å². The number of hydrogen-bond acceptors (Lipinski definition) is 6. The smallest absolute Gasteiger partial charge is 0.475 e. The summed E-state index contributed by atoms with van der Waals surface area (Å²) in [6.07, 6.45) is 2.10. The number of aryl methyl sites for hydroxylation is 1. The standard InChI is InChI=1S/C13H18N4OS.C2HF3O2/c1-16-8-10(7-15-16)6-11-12(18)2-4-17(11)9-13-14-3-5-19-13;3-2(4,5)1(6)7/h3,5,7-8,11-12,18H,2,4,6,9H2,1H3;(H,6,7)/t11-,12+;/m0./s1. The van der Waals surface area contributed by atoms with E-state index in [1.165, 1.54) is 5.56 Å². The average Bonchev–Trinajstić information content (AvgIpc) is 3.26. The predicted octanol–water partition coefficient (Wildman–Crippen LogP) is 1.69. The van der Waals surface area contributed by atoms with Crippen molar-refractivity contribution in [2.24, 2.45) is 7.05 Å². The number of carbonyl (C=O) groups is 1. The van der Waals surface area contributed by atoms with Crippen LogP contribution in [0.2, 0.25) is 0 Å². The number of hydrogen-bond donors (Lipinski definition) is 2. The zero-order valence-corrected chi connectivity index (χ0v) is 14.7.